The Morgan fingerprint density at radius 2 is 1.60 bits per heavy atom. The molecule has 1 saturated heterocycles. The molecule has 2 heterocycles. The molecule has 2 fully saturated rings. The first-order chi connectivity index (χ1) is 23.3. The Bertz CT molecular complexity index is 1550. The van der Waals surface area contributed by atoms with E-state index in [9.17, 15) is 19.2 Å². The van der Waals surface area contributed by atoms with Crippen LogP contribution < -0.4 is 14.8 Å². The van der Waals surface area contributed by atoms with Gasteiger partial charge in [-0.05, 0) is 50.3 Å². The fourth-order valence-corrected chi connectivity index (χ4v) is 5.63. The number of hydrogen-bond donors (Lipinski definition) is 1. The van der Waals surface area contributed by atoms with E-state index >= 15 is 0 Å². The molecule has 1 saturated carbocycles. The lowest BCUT2D eigenvalue weighted by Gasteiger charge is -2.36. The predicted molar refractivity (Wildman–Crippen MR) is 174 cm³/mol. The van der Waals surface area contributed by atoms with Gasteiger partial charge in [-0.2, -0.15) is 4.98 Å². The summed E-state index contributed by atoms with van der Waals surface area (Å²) in [7, 11) is 1.28. The van der Waals surface area contributed by atoms with Crippen molar-refractivity contribution in [2.45, 2.75) is 51.2 Å². The van der Waals surface area contributed by atoms with Gasteiger partial charge in [0.05, 0.1) is 13.7 Å². The number of benzene rings is 2. The average molecular weight is 660 g/mol. The highest BCUT2D eigenvalue weighted by molar-refractivity contribution is 5.96. The van der Waals surface area contributed by atoms with Gasteiger partial charge in [0.2, 0.25) is 11.8 Å². The summed E-state index contributed by atoms with van der Waals surface area (Å²) < 4.78 is 21.4. The van der Waals surface area contributed by atoms with Crippen molar-refractivity contribution in [3.05, 3.63) is 71.9 Å². The molecule has 3 amide bonds. The lowest BCUT2D eigenvalue weighted by molar-refractivity contribution is -0.143. The maximum atomic E-state index is 14.0. The minimum Gasteiger partial charge on any atom is -0.482 e. The number of methoxy groups -OCH3 is 1. The third-order valence-electron chi connectivity index (χ3n) is 8.23. The van der Waals surface area contributed by atoms with Crippen LogP contribution in [0, 0.1) is 0 Å². The SMILES string of the molecule is CCOC(=O)N1CCN(C(=O)C(Cc2ccc(OCC(=O)OC)cc2)NC(=O)c2cc(OC3CCCC3)nc(-c3ccccc3)n2)CC1. The molecule has 5 rings (SSSR count). The summed E-state index contributed by atoms with van der Waals surface area (Å²) in [6, 6.07) is 16.8. The van der Waals surface area contributed by atoms with E-state index in [1.807, 2.05) is 30.3 Å². The van der Waals surface area contributed by atoms with E-state index in [2.05, 4.69) is 20.0 Å². The van der Waals surface area contributed by atoms with Crippen LogP contribution in [0.3, 0.4) is 0 Å². The predicted octanol–water partition coefficient (Wildman–Crippen LogP) is 3.66. The smallest absolute Gasteiger partial charge is 0.409 e. The molecule has 1 unspecified atom stereocenters. The highest BCUT2D eigenvalue weighted by Gasteiger charge is 2.31. The molecule has 2 aromatic carbocycles. The topological polar surface area (TPSA) is 149 Å². The van der Waals surface area contributed by atoms with Gasteiger partial charge in [0.15, 0.2) is 12.4 Å². The standard InChI is InChI=1S/C35H41N5O8/c1-3-46-35(44)40-19-17-39(18-20-40)34(43)29(21-24-13-15-26(16-14-24)47-23-31(41)45-2)37-33(42)28-22-30(48-27-11-7-8-12-27)38-32(36-28)25-9-5-4-6-10-25/h4-6,9-10,13-16,22,27,29H,3,7-8,11-12,17-21,23H2,1-2H3,(H,37,42). The first kappa shape index (κ1) is 34.1. The second-order valence-corrected chi connectivity index (χ2v) is 11.6. The summed E-state index contributed by atoms with van der Waals surface area (Å²) >= 11 is 0. The van der Waals surface area contributed by atoms with Gasteiger partial charge >= 0.3 is 12.1 Å². The van der Waals surface area contributed by atoms with Crippen molar-refractivity contribution in [1.29, 1.82) is 0 Å². The number of hydrogen-bond acceptors (Lipinski definition) is 10. The summed E-state index contributed by atoms with van der Waals surface area (Å²) in [6.07, 6.45) is 3.74. The van der Waals surface area contributed by atoms with Crippen molar-refractivity contribution in [1.82, 2.24) is 25.1 Å². The summed E-state index contributed by atoms with van der Waals surface area (Å²) in [4.78, 5) is 63.9. The molecule has 13 heteroatoms. The highest BCUT2D eigenvalue weighted by atomic mass is 16.6. The van der Waals surface area contributed by atoms with Gasteiger partial charge in [0.1, 0.15) is 23.6 Å². The zero-order valence-corrected chi connectivity index (χ0v) is 27.3. The van der Waals surface area contributed by atoms with Gasteiger partial charge < -0.3 is 34.1 Å². The minimum atomic E-state index is -0.956. The van der Waals surface area contributed by atoms with Crippen LogP contribution in [0.5, 0.6) is 11.6 Å². The Kier molecular flexibility index (Phi) is 11.8. The Morgan fingerprint density at radius 3 is 2.27 bits per heavy atom. The molecular formula is C35H41N5O8. The third-order valence-corrected chi connectivity index (χ3v) is 8.23. The van der Waals surface area contributed by atoms with Gasteiger partial charge in [-0.3, -0.25) is 9.59 Å². The molecule has 2 aliphatic rings. The number of carbonyl (C=O) groups is 4. The van der Waals surface area contributed by atoms with Crippen molar-refractivity contribution in [3.63, 3.8) is 0 Å². The van der Waals surface area contributed by atoms with Crippen LogP contribution in [0.15, 0.2) is 60.7 Å². The molecule has 1 aliphatic heterocycles. The van der Waals surface area contributed by atoms with Crippen LogP contribution in [-0.2, 0) is 25.5 Å². The van der Waals surface area contributed by atoms with Crippen molar-refractivity contribution in [2.75, 3.05) is 46.5 Å². The number of ether oxygens (including phenoxy) is 4. The number of esters is 1. The van der Waals surface area contributed by atoms with Crippen molar-refractivity contribution < 1.29 is 38.1 Å². The summed E-state index contributed by atoms with van der Waals surface area (Å²) in [5.74, 6) is -0.244. The van der Waals surface area contributed by atoms with Crippen molar-refractivity contribution in [2.24, 2.45) is 0 Å². The van der Waals surface area contributed by atoms with Crippen LogP contribution in [0.1, 0.15) is 48.7 Å². The van der Waals surface area contributed by atoms with E-state index in [1.165, 1.54) is 13.2 Å². The minimum absolute atomic E-state index is 0.0154. The normalized spacial score (nSPS) is 15.4. The van der Waals surface area contributed by atoms with E-state index in [0.29, 0.717) is 30.5 Å². The van der Waals surface area contributed by atoms with Gasteiger partial charge in [-0.25, -0.2) is 14.6 Å². The average Bonchev–Trinajstić information content (AvgIpc) is 3.64. The summed E-state index contributed by atoms with van der Waals surface area (Å²) in [5, 5.41) is 2.92. The van der Waals surface area contributed by atoms with E-state index in [4.69, 9.17) is 14.2 Å². The number of nitrogens with one attached hydrogen (secondary N) is 1. The first-order valence-corrected chi connectivity index (χ1v) is 16.2. The molecule has 1 atom stereocenters. The number of aromatic nitrogens is 2. The Labute approximate surface area is 279 Å². The lowest BCUT2D eigenvalue weighted by Crippen LogP contribution is -2.56. The van der Waals surface area contributed by atoms with Crippen LogP contribution in [0.4, 0.5) is 4.79 Å². The maximum absolute atomic E-state index is 14.0. The number of carbonyl (C=O) groups excluding carboxylic acids is 4. The molecule has 48 heavy (non-hydrogen) atoms. The molecule has 1 N–H and O–H groups in total. The second-order valence-electron chi connectivity index (χ2n) is 11.6. The highest BCUT2D eigenvalue weighted by Crippen LogP contribution is 2.26. The molecule has 0 spiro atoms. The number of amides is 3. The molecule has 1 aromatic heterocycles. The number of piperazine rings is 1. The van der Waals surface area contributed by atoms with Crippen LogP contribution in [0.25, 0.3) is 11.4 Å². The Hall–Kier alpha value is -5.20. The van der Waals surface area contributed by atoms with Crippen LogP contribution in [0.2, 0.25) is 0 Å². The third kappa shape index (κ3) is 9.20. The van der Waals surface area contributed by atoms with Gasteiger partial charge in [0, 0.05) is 44.2 Å². The van der Waals surface area contributed by atoms with E-state index in [0.717, 1.165) is 36.8 Å². The van der Waals surface area contributed by atoms with E-state index < -0.39 is 24.0 Å². The number of rotatable bonds is 12. The summed E-state index contributed by atoms with van der Waals surface area (Å²) in [5.41, 5.74) is 1.56. The largest absolute Gasteiger partial charge is 0.482 e. The zero-order valence-electron chi connectivity index (χ0n) is 27.3. The van der Waals surface area contributed by atoms with E-state index in [-0.39, 0.29) is 50.4 Å². The van der Waals surface area contributed by atoms with Gasteiger partial charge in [0.25, 0.3) is 5.91 Å². The molecule has 254 valence electrons. The quantitative estimate of drug-likeness (QED) is 0.286. The monoisotopic (exact) mass is 659 g/mol. The van der Waals surface area contributed by atoms with Gasteiger partial charge in [-0.15, -0.1) is 0 Å². The second kappa shape index (κ2) is 16.6. The number of nitrogens with zero attached hydrogens (tertiary/aromatic N) is 4. The fraction of sp³-hybridized carbons (Fsp3) is 0.429. The summed E-state index contributed by atoms with van der Waals surface area (Å²) in [6.45, 7) is 2.97. The lowest BCUT2D eigenvalue weighted by atomic mass is 10.0. The Balaban J connectivity index is 1.37. The molecule has 1 aliphatic carbocycles. The molecular weight excluding hydrogens is 618 g/mol. The van der Waals surface area contributed by atoms with Gasteiger partial charge in [-0.1, -0.05) is 42.5 Å². The van der Waals surface area contributed by atoms with Crippen LogP contribution in [-0.4, -0.2) is 102 Å². The van der Waals surface area contributed by atoms with Crippen molar-refractivity contribution >= 4 is 23.9 Å². The van der Waals surface area contributed by atoms with Crippen molar-refractivity contribution in [3.8, 4) is 23.0 Å². The maximum Gasteiger partial charge on any atom is 0.409 e. The molecule has 13 nitrogen and oxygen atoms in total. The zero-order chi connectivity index (χ0) is 33.9. The van der Waals surface area contributed by atoms with E-state index in [1.54, 1.807) is 41.0 Å². The van der Waals surface area contributed by atoms with Crippen LogP contribution >= 0.6 is 0 Å². The molecule has 3 aromatic rings. The molecule has 0 radical (unpaired) electrons. The first-order valence-electron chi connectivity index (χ1n) is 16.2. The molecule has 0 bridgehead atoms. The fourth-order valence-electron chi connectivity index (χ4n) is 5.63. The Morgan fingerprint density at radius 1 is 0.917 bits per heavy atom.